The van der Waals surface area contributed by atoms with E-state index in [0.29, 0.717) is 0 Å². The van der Waals surface area contributed by atoms with Crippen molar-refractivity contribution < 1.29 is 9.72 Å². The van der Waals surface area contributed by atoms with E-state index in [1.165, 1.54) is 6.07 Å². The second-order valence-corrected chi connectivity index (χ2v) is 3.76. The summed E-state index contributed by atoms with van der Waals surface area (Å²) in [6, 6.07) is 2.35. The van der Waals surface area contributed by atoms with E-state index in [1.54, 1.807) is 0 Å². The monoisotopic (exact) mass is 283 g/mol. The Morgan fingerprint density at radius 1 is 1.47 bits per heavy atom. The van der Waals surface area contributed by atoms with Crippen LogP contribution < -0.4 is 11.0 Å². The highest BCUT2D eigenvalue weighted by Crippen LogP contribution is 2.24. The van der Waals surface area contributed by atoms with Gasteiger partial charge in [0.2, 0.25) is 5.82 Å². The predicted octanol–water partition coefficient (Wildman–Crippen LogP) is 0.912. The van der Waals surface area contributed by atoms with Crippen LogP contribution in [0, 0.1) is 10.1 Å². The number of halogens is 1. The maximum Gasteiger partial charge on any atom is 0.323 e. The van der Waals surface area contributed by atoms with Crippen molar-refractivity contribution in [3.8, 4) is 0 Å². The second kappa shape index (κ2) is 4.90. The summed E-state index contributed by atoms with van der Waals surface area (Å²) < 4.78 is 0. The lowest BCUT2D eigenvalue weighted by atomic mass is 10.3. The Hall–Kier alpha value is -2.68. The highest BCUT2D eigenvalue weighted by atomic mass is 35.5. The number of rotatable bonds is 3. The van der Waals surface area contributed by atoms with Gasteiger partial charge in [-0.25, -0.2) is 9.78 Å². The fourth-order valence-electron chi connectivity index (χ4n) is 1.30. The van der Waals surface area contributed by atoms with Gasteiger partial charge in [0.05, 0.1) is 4.92 Å². The number of nitrogens with one attached hydrogen (secondary N) is 3. The summed E-state index contributed by atoms with van der Waals surface area (Å²) >= 11 is 5.61. The van der Waals surface area contributed by atoms with Gasteiger partial charge in [-0.15, -0.1) is 0 Å². The lowest BCUT2D eigenvalue weighted by molar-refractivity contribution is -0.384. The van der Waals surface area contributed by atoms with Crippen molar-refractivity contribution >= 4 is 29.0 Å². The molecule has 2 aromatic rings. The number of anilines is 1. The molecule has 1 amide bonds. The molecular weight excluding hydrogens is 278 g/mol. The third-order valence-corrected chi connectivity index (χ3v) is 2.32. The van der Waals surface area contributed by atoms with Crippen LogP contribution in [0.25, 0.3) is 0 Å². The summed E-state index contributed by atoms with van der Waals surface area (Å²) in [5.41, 5.74) is -1.06. The highest BCUT2D eigenvalue weighted by molar-refractivity contribution is 6.29. The topological polar surface area (TPSA) is 134 Å². The number of hydrogen-bond donors (Lipinski definition) is 3. The summed E-state index contributed by atoms with van der Waals surface area (Å²) in [6.07, 6.45) is 1.13. The normalized spacial score (nSPS) is 10.2. The number of nitro groups is 1. The molecule has 2 heterocycles. The smallest absolute Gasteiger partial charge is 0.312 e. The van der Waals surface area contributed by atoms with Gasteiger partial charge in [0.15, 0.2) is 0 Å². The van der Waals surface area contributed by atoms with E-state index in [-0.39, 0.29) is 16.7 Å². The summed E-state index contributed by atoms with van der Waals surface area (Å²) in [5.74, 6) is -1.05. The summed E-state index contributed by atoms with van der Waals surface area (Å²) in [5, 5.41) is 12.9. The molecule has 0 radical (unpaired) electrons. The lowest BCUT2D eigenvalue weighted by Gasteiger charge is -2.03. The first-order valence-electron chi connectivity index (χ1n) is 4.87. The molecule has 9 nitrogen and oxygen atoms in total. The third-order valence-electron chi connectivity index (χ3n) is 2.11. The number of pyridine rings is 1. The minimum absolute atomic E-state index is 0.0107. The summed E-state index contributed by atoms with van der Waals surface area (Å²) in [6.45, 7) is 0. The number of hydrogen-bond acceptors (Lipinski definition) is 5. The van der Waals surface area contributed by atoms with Crippen molar-refractivity contribution in [1.29, 1.82) is 0 Å². The molecule has 0 atom stereocenters. The van der Waals surface area contributed by atoms with Gasteiger partial charge in [0.1, 0.15) is 10.8 Å². The Labute approximate surface area is 109 Å². The third kappa shape index (κ3) is 2.77. The van der Waals surface area contributed by atoms with Crippen LogP contribution in [0.3, 0.4) is 0 Å². The predicted molar refractivity (Wildman–Crippen MR) is 65.3 cm³/mol. The zero-order valence-electron chi connectivity index (χ0n) is 9.14. The van der Waals surface area contributed by atoms with E-state index in [9.17, 15) is 19.7 Å². The van der Waals surface area contributed by atoms with Gasteiger partial charge >= 0.3 is 11.4 Å². The van der Waals surface area contributed by atoms with Crippen molar-refractivity contribution in [2.75, 3.05) is 5.32 Å². The van der Waals surface area contributed by atoms with Gasteiger partial charge in [0, 0.05) is 12.3 Å². The number of aromatic amines is 2. The standard InChI is InChI=1S/C9H6ClN5O4/c10-6-2-1-5(15(18)19)7(13-6)14-8(16)4-3-11-9(17)12-4/h1-3H,(H2,11,12,17)(H,13,14,16). The van der Waals surface area contributed by atoms with E-state index in [1.807, 2.05) is 0 Å². The van der Waals surface area contributed by atoms with Crippen LogP contribution >= 0.6 is 11.6 Å². The zero-order chi connectivity index (χ0) is 14.0. The number of amides is 1. The van der Waals surface area contributed by atoms with Crippen LogP contribution in [0.5, 0.6) is 0 Å². The Morgan fingerprint density at radius 2 is 2.21 bits per heavy atom. The molecule has 98 valence electrons. The molecule has 2 rings (SSSR count). The summed E-state index contributed by atoms with van der Waals surface area (Å²) in [7, 11) is 0. The maximum atomic E-state index is 11.7. The number of aromatic nitrogens is 3. The van der Waals surface area contributed by atoms with Gasteiger partial charge in [-0.3, -0.25) is 20.2 Å². The first-order chi connectivity index (χ1) is 8.97. The van der Waals surface area contributed by atoms with E-state index in [0.717, 1.165) is 12.3 Å². The molecule has 0 aliphatic rings. The Balaban J connectivity index is 2.32. The van der Waals surface area contributed by atoms with Gasteiger partial charge in [-0.05, 0) is 6.07 Å². The minimum atomic E-state index is -0.754. The van der Waals surface area contributed by atoms with Crippen molar-refractivity contribution in [3.05, 3.63) is 49.8 Å². The molecule has 2 aromatic heterocycles. The number of nitrogens with zero attached hydrogens (tertiary/aromatic N) is 2. The average Bonchev–Trinajstić information content (AvgIpc) is 2.75. The molecule has 19 heavy (non-hydrogen) atoms. The number of H-pyrrole nitrogens is 2. The number of carbonyl (C=O) groups is 1. The molecule has 0 saturated carbocycles. The summed E-state index contributed by atoms with van der Waals surface area (Å²) in [4.78, 5) is 40.7. The van der Waals surface area contributed by atoms with Crippen molar-refractivity contribution in [2.45, 2.75) is 0 Å². The van der Waals surface area contributed by atoms with Crippen LogP contribution in [0.15, 0.2) is 23.1 Å². The molecular formula is C9H6ClN5O4. The zero-order valence-corrected chi connectivity index (χ0v) is 9.89. The number of imidazole rings is 1. The molecule has 0 unspecified atom stereocenters. The highest BCUT2D eigenvalue weighted by Gasteiger charge is 2.19. The second-order valence-electron chi connectivity index (χ2n) is 3.37. The first-order valence-corrected chi connectivity index (χ1v) is 5.25. The fourth-order valence-corrected chi connectivity index (χ4v) is 1.44. The van der Waals surface area contributed by atoms with E-state index in [4.69, 9.17) is 11.6 Å². The number of carbonyl (C=O) groups excluding carboxylic acids is 1. The molecule has 0 fully saturated rings. The molecule has 0 aliphatic heterocycles. The van der Waals surface area contributed by atoms with E-state index >= 15 is 0 Å². The first kappa shape index (κ1) is 12.8. The lowest BCUT2D eigenvalue weighted by Crippen LogP contribution is -2.16. The van der Waals surface area contributed by atoms with E-state index in [2.05, 4.69) is 20.3 Å². The van der Waals surface area contributed by atoms with Crippen LogP contribution in [0.2, 0.25) is 5.15 Å². The molecule has 0 spiro atoms. The van der Waals surface area contributed by atoms with Crippen molar-refractivity contribution in [2.24, 2.45) is 0 Å². The van der Waals surface area contributed by atoms with Crippen LogP contribution in [-0.2, 0) is 0 Å². The van der Waals surface area contributed by atoms with Crippen LogP contribution in [0.1, 0.15) is 10.5 Å². The van der Waals surface area contributed by atoms with Gasteiger partial charge < -0.3 is 9.97 Å². The minimum Gasteiger partial charge on any atom is -0.312 e. The van der Waals surface area contributed by atoms with Crippen molar-refractivity contribution in [3.63, 3.8) is 0 Å². The Kier molecular flexibility index (Phi) is 3.29. The molecule has 3 N–H and O–H groups in total. The van der Waals surface area contributed by atoms with Gasteiger partial charge in [-0.2, -0.15) is 0 Å². The van der Waals surface area contributed by atoms with Crippen LogP contribution in [0.4, 0.5) is 11.5 Å². The van der Waals surface area contributed by atoms with Crippen molar-refractivity contribution in [1.82, 2.24) is 15.0 Å². The van der Waals surface area contributed by atoms with Gasteiger partial charge in [0.25, 0.3) is 5.91 Å². The average molecular weight is 284 g/mol. The molecule has 0 bridgehead atoms. The Bertz CT molecular complexity index is 707. The molecule has 0 aliphatic carbocycles. The van der Waals surface area contributed by atoms with Crippen LogP contribution in [-0.4, -0.2) is 25.8 Å². The Morgan fingerprint density at radius 3 is 2.79 bits per heavy atom. The fraction of sp³-hybridized carbons (Fsp3) is 0. The quantitative estimate of drug-likeness (QED) is 0.437. The van der Waals surface area contributed by atoms with Gasteiger partial charge in [-0.1, -0.05) is 11.6 Å². The molecule has 0 aromatic carbocycles. The largest absolute Gasteiger partial charge is 0.323 e. The molecule has 10 heteroatoms. The maximum absolute atomic E-state index is 11.7. The molecule has 0 saturated heterocycles. The van der Waals surface area contributed by atoms with E-state index < -0.39 is 22.2 Å². The SMILES string of the molecule is O=C(Nc1nc(Cl)ccc1[N+](=O)[O-])c1c[nH]c(=O)[nH]1.